The minimum absolute atomic E-state index is 0.104. The molecule has 0 atom stereocenters. The number of amides is 1. The van der Waals surface area contributed by atoms with Gasteiger partial charge in [0.25, 0.3) is 5.56 Å². The van der Waals surface area contributed by atoms with Gasteiger partial charge in [-0.2, -0.15) is 5.10 Å². The van der Waals surface area contributed by atoms with E-state index in [0.717, 1.165) is 11.3 Å². The van der Waals surface area contributed by atoms with Crippen molar-refractivity contribution in [3.8, 4) is 5.69 Å². The summed E-state index contributed by atoms with van der Waals surface area (Å²) in [6.07, 6.45) is 2.98. The summed E-state index contributed by atoms with van der Waals surface area (Å²) in [6.45, 7) is 3.95. The van der Waals surface area contributed by atoms with Crippen molar-refractivity contribution in [1.82, 2.24) is 24.5 Å². The van der Waals surface area contributed by atoms with E-state index in [-0.39, 0.29) is 24.4 Å². The quantitative estimate of drug-likeness (QED) is 0.570. The number of hydrogen-bond acceptors (Lipinski definition) is 6. The van der Waals surface area contributed by atoms with Gasteiger partial charge in [0.2, 0.25) is 5.91 Å². The molecule has 3 aromatic heterocycles. The summed E-state index contributed by atoms with van der Waals surface area (Å²) in [7, 11) is 0. The van der Waals surface area contributed by atoms with Crippen molar-refractivity contribution in [3.05, 3.63) is 64.5 Å². The van der Waals surface area contributed by atoms with Crippen molar-refractivity contribution in [1.29, 1.82) is 0 Å². The minimum Gasteiger partial charge on any atom is -0.363 e. The van der Waals surface area contributed by atoms with Gasteiger partial charge in [-0.25, -0.2) is 9.67 Å². The van der Waals surface area contributed by atoms with Gasteiger partial charge in [-0.3, -0.25) is 14.2 Å². The van der Waals surface area contributed by atoms with Crippen LogP contribution >= 0.6 is 0 Å². The highest BCUT2D eigenvalue weighted by Crippen LogP contribution is 2.15. The SMILES string of the molecule is Cc1ccc(-n2ncc3c(=O)n(CCC(=O)Nc4ccon4)c(C)nc32)cc1. The van der Waals surface area contributed by atoms with E-state index in [4.69, 9.17) is 0 Å². The van der Waals surface area contributed by atoms with E-state index in [9.17, 15) is 9.59 Å². The van der Waals surface area contributed by atoms with Crippen LogP contribution in [0.2, 0.25) is 0 Å². The third-order valence-electron chi connectivity index (χ3n) is 4.42. The van der Waals surface area contributed by atoms with Crippen molar-refractivity contribution in [3.63, 3.8) is 0 Å². The van der Waals surface area contributed by atoms with Crippen LogP contribution in [0.15, 0.2) is 52.1 Å². The van der Waals surface area contributed by atoms with E-state index in [1.807, 2.05) is 31.2 Å². The zero-order valence-corrected chi connectivity index (χ0v) is 15.4. The average molecular weight is 378 g/mol. The molecule has 4 rings (SSSR count). The van der Waals surface area contributed by atoms with Gasteiger partial charge in [0, 0.05) is 19.0 Å². The fourth-order valence-electron chi connectivity index (χ4n) is 2.94. The number of fused-ring (bicyclic) bond motifs is 1. The maximum absolute atomic E-state index is 12.9. The second-order valence-corrected chi connectivity index (χ2v) is 6.43. The lowest BCUT2D eigenvalue weighted by Gasteiger charge is -2.10. The van der Waals surface area contributed by atoms with Crippen LogP contribution < -0.4 is 10.9 Å². The number of carbonyl (C=O) groups excluding carboxylic acids is 1. The van der Waals surface area contributed by atoms with Crippen LogP contribution in [0, 0.1) is 13.8 Å². The molecule has 0 spiro atoms. The molecule has 0 aliphatic heterocycles. The lowest BCUT2D eigenvalue weighted by Crippen LogP contribution is -2.26. The lowest BCUT2D eigenvalue weighted by molar-refractivity contribution is -0.116. The second-order valence-electron chi connectivity index (χ2n) is 6.43. The van der Waals surface area contributed by atoms with E-state index >= 15 is 0 Å². The van der Waals surface area contributed by atoms with Crippen LogP contribution in [-0.4, -0.2) is 30.4 Å². The molecule has 0 aliphatic carbocycles. The molecule has 1 amide bonds. The molecule has 1 N–H and O–H groups in total. The van der Waals surface area contributed by atoms with Gasteiger partial charge in [0.1, 0.15) is 17.5 Å². The van der Waals surface area contributed by atoms with Gasteiger partial charge in [-0.05, 0) is 26.0 Å². The molecule has 3 heterocycles. The van der Waals surface area contributed by atoms with Gasteiger partial charge < -0.3 is 9.84 Å². The first-order valence-electron chi connectivity index (χ1n) is 8.75. The summed E-state index contributed by atoms with van der Waals surface area (Å²) in [5, 5.41) is 11.0. The number of nitrogens with zero attached hydrogens (tertiary/aromatic N) is 5. The molecule has 9 heteroatoms. The zero-order chi connectivity index (χ0) is 19.7. The Morgan fingerprint density at radius 3 is 2.68 bits per heavy atom. The van der Waals surface area contributed by atoms with Crippen molar-refractivity contribution < 1.29 is 9.32 Å². The summed E-state index contributed by atoms with van der Waals surface area (Å²) >= 11 is 0. The largest absolute Gasteiger partial charge is 0.363 e. The Morgan fingerprint density at radius 1 is 1.18 bits per heavy atom. The highest BCUT2D eigenvalue weighted by molar-refractivity contribution is 5.89. The van der Waals surface area contributed by atoms with Crippen molar-refractivity contribution in [2.75, 3.05) is 5.32 Å². The molecule has 0 bridgehead atoms. The molecule has 9 nitrogen and oxygen atoms in total. The topological polar surface area (TPSA) is 108 Å². The maximum atomic E-state index is 12.9. The number of nitrogens with one attached hydrogen (secondary N) is 1. The molecule has 28 heavy (non-hydrogen) atoms. The normalized spacial score (nSPS) is 11.1. The number of hydrogen-bond donors (Lipinski definition) is 1. The molecule has 4 aromatic rings. The summed E-state index contributed by atoms with van der Waals surface area (Å²) in [6, 6.07) is 9.36. The van der Waals surface area contributed by atoms with Gasteiger partial charge in [-0.1, -0.05) is 22.9 Å². The molecular weight excluding hydrogens is 360 g/mol. The Kier molecular flexibility index (Phi) is 4.48. The van der Waals surface area contributed by atoms with E-state index in [1.165, 1.54) is 17.0 Å². The number of carbonyl (C=O) groups is 1. The lowest BCUT2D eigenvalue weighted by atomic mass is 10.2. The standard InChI is InChI=1S/C19H18N6O3/c1-12-3-5-14(6-4-12)25-18-15(11-20-25)19(27)24(13(2)21-18)9-7-17(26)22-16-8-10-28-23-16/h3-6,8,10-11H,7,9H2,1-2H3,(H,22,23,26). The van der Waals surface area contributed by atoms with Gasteiger partial charge >= 0.3 is 0 Å². The van der Waals surface area contributed by atoms with E-state index < -0.39 is 0 Å². The summed E-state index contributed by atoms with van der Waals surface area (Å²) in [5.74, 6) is 0.582. The van der Waals surface area contributed by atoms with Crippen LogP contribution in [0.1, 0.15) is 17.8 Å². The predicted octanol–water partition coefficient (Wildman–Crippen LogP) is 2.22. The maximum Gasteiger partial charge on any atom is 0.264 e. The van der Waals surface area contributed by atoms with E-state index in [2.05, 4.69) is 25.1 Å². The van der Waals surface area contributed by atoms with E-state index in [0.29, 0.717) is 22.7 Å². The zero-order valence-electron chi connectivity index (χ0n) is 15.4. The number of aromatic nitrogens is 5. The summed E-state index contributed by atoms with van der Waals surface area (Å²) in [5.41, 5.74) is 2.23. The van der Waals surface area contributed by atoms with Crippen molar-refractivity contribution >= 4 is 22.8 Å². The number of anilines is 1. The molecule has 0 radical (unpaired) electrons. The summed E-state index contributed by atoms with van der Waals surface area (Å²) in [4.78, 5) is 29.5. The Balaban J connectivity index is 1.61. The van der Waals surface area contributed by atoms with Gasteiger partial charge in [0.05, 0.1) is 11.9 Å². The van der Waals surface area contributed by atoms with Crippen LogP contribution in [0.25, 0.3) is 16.7 Å². The number of aryl methyl sites for hydroxylation is 2. The van der Waals surface area contributed by atoms with Crippen LogP contribution in [0.5, 0.6) is 0 Å². The Labute approximate surface area is 159 Å². The molecular formula is C19H18N6O3. The van der Waals surface area contributed by atoms with Crippen LogP contribution in [0.3, 0.4) is 0 Å². The van der Waals surface area contributed by atoms with Crippen LogP contribution in [0.4, 0.5) is 5.82 Å². The minimum atomic E-state index is -0.268. The third kappa shape index (κ3) is 3.29. The molecule has 0 saturated heterocycles. The van der Waals surface area contributed by atoms with Crippen molar-refractivity contribution in [2.45, 2.75) is 26.8 Å². The number of rotatable bonds is 5. The van der Waals surface area contributed by atoms with Crippen molar-refractivity contribution in [2.24, 2.45) is 0 Å². The molecule has 1 aromatic carbocycles. The Morgan fingerprint density at radius 2 is 1.96 bits per heavy atom. The van der Waals surface area contributed by atoms with Crippen LogP contribution in [-0.2, 0) is 11.3 Å². The molecule has 0 unspecified atom stereocenters. The first kappa shape index (κ1) is 17.7. The van der Waals surface area contributed by atoms with Gasteiger partial charge in [0.15, 0.2) is 11.5 Å². The number of benzene rings is 1. The van der Waals surface area contributed by atoms with E-state index in [1.54, 1.807) is 17.7 Å². The third-order valence-corrected chi connectivity index (χ3v) is 4.42. The molecule has 0 saturated carbocycles. The van der Waals surface area contributed by atoms with Gasteiger partial charge in [-0.15, -0.1) is 0 Å². The predicted molar refractivity (Wildman–Crippen MR) is 102 cm³/mol. The first-order chi connectivity index (χ1) is 13.5. The first-order valence-corrected chi connectivity index (χ1v) is 8.75. The molecule has 0 fully saturated rings. The average Bonchev–Trinajstić information content (AvgIpc) is 3.32. The monoisotopic (exact) mass is 378 g/mol. The fraction of sp³-hybridized carbons (Fsp3) is 0.211. The summed E-state index contributed by atoms with van der Waals surface area (Å²) < 4.78 is 7.79. The fourth-order valence-corrected chi connectivity index (χ4v) is 2.94. The second kappa shape index (κ2) is 7.10. The highest BCUT2D eigenvalue weighted by atomic mass is 16.5. The Hall–Kier alpha value is -3.75. The highest BCUT2D eigenvalue weighted by Gasteiger charge is 2.15. The Bertz CT molecular complexity index is 1190. The molecule has 142 valence electrons. The smallest absolute Gasteiger partial charge is 0.264 e. The molecule has 0 aliphatic rings.